The molecule has 3 nitrogen and oxygen atoms in total. The molecule has 0 aliphatic carbocycles. The number of halogens is 1. The van der Waals surface area contributed by atoms with Crippen LogP contribution in [0.3, 0.4) is 0 Å². The summed E-state index contributed by atoms with van der Waals surface area (Å²) in [4.78, 5) is 4.75. The number of hydrogen-bond donors (Lipinski definition) is 1. The Kier molecular flexibility index (Phi) is 3.71. The molecule has 0 spiro atoms. The van der Waals surface area contributed by atoms with Gasteiger partial charge < -0.3 is 10.0 Å². The van der Waals surface area contributed by atoms with Crippen molar-refractivity contribution in [3.8, 4) is 0 Å². The van der Waals surface area contributed by atoms with Crippen LogP contribution in [0.2, 0.25) is 0 Å². The zero-order valence-corrected chi connectivity index (χ0v) is 11.1. The molecule has 2 fully saturated rings. The van der Waals surface area contributed by atoms with E-state index in [2.05, 4.69) is 9.80 Å². The van der Waals surface area contributed by atoms with Gasteiger partial charge in [0.2, 0.25) is 0 Å². The number of rotatable bonds is 3. The van der Waals surface area contributed by atoms with Gasteiger partial charge in [0.25, 0.3) is 0 Å². The van der Waals surface area contributed by atoms with Crippen LogP contribution in [0, 0.1) is 11.7 Å². The predicted octanol–water partition coefficient (Wildman–Crippen LogP) is 1.72. The Morgan fingerprint density at radius 2 is 2.11 bits per heavy atom. The minimum absolute atomic E-state index is 0.164. The normalized spacial score (nSPS) is 28.2. The van der Waals surface area contributed by atoms with Crippen LogP contribution < -0.4 is 4.90 Å². The average molecular weight is 264 g/mol. The van der Waals surface area contributed by atoms with E-state index < -0.39 is 0 Å². The first-order chi connectivity index (χ1) is 9.26. The van der Waals surface area contributed by atoms with Gasteiger partial charge in [-0.05, 0) is 43.5 Å². The van der Waals surface area contributed by atoms with Gasteiger partial charge in [0, 0.05) is 38.0 Å². The van der Waals surface area contributed by atoms with Gasteiger partial charge >= 0.3 is 0 Å². The maximum absolute atomic E-state index is 13.3. The van der Waals surface area contributed by atoms with E-state index in [0.717, 1.165) is 44.7 Å². The maximum atomic E-state index is 13.3. The summed E-state index contributed by atoms with van der Waals surface area (Å²) < 4.78 is 13.3. The molecule has 0 aromatic heterocycles. The van der Waals surface area contributed by atoms with E-state index in [-0.39, 0.29) is 5.82 Å². The highest BCUT2D eigenvalue weighted by atomic mass is 19.1. The first-order valence-electron chi connectivity index (χ1n) is 7.11. The van der Waals surface area contributed by atoms with Crippen molar-refractivity contribution in [2.75, 3.05) is 37.7 Å². The average Bonchev–Trinajstić information content (AvgIpc) is 3.07. The molecule has 104 valence electrons. The molecule has 19 heavy (non-hydrogen) atoms. The van der Waals surface area contributed by atoms with Gasteiger partial charge in [0.1, 0.15) is 5.82 Å². The van der Waals surface area contributed by atoms with Crippen LogP contribution in [0.1, 0.15) is 12.8 Å². The van der Waals surface area contributed by atoms with Crippen LogP contribution in [0.25, 0.3) is 0 Å². The lowest BCUT2D eigenvalue weighted by atomic mass is 10.1. The molecule has 0 bridgehead atoms. The van der Waals surface area contributed by atoms with Gasteiger partial charge in [0.15, 0.2) is 0 Å². The lowest BCUT2D eigenvalue weighted by Gasteiger charge is -2.25. The van der Waals surface area contributed by atoms with Crippen molar-refractivity contribution in [1.82, 2.24) is 4.90 Å². The number of aliphatic hydroxyl groups excluding tert-OH is 1. The number of nitrogens with zero attached hydrogens (tertiary/aromatic N) is 2. The van der Waals surface area contributed by atoms with Crippen molar-refractivity contribution in [3.63, 3.8) is 0 Å². The molecule has 2 atom stereocenters. The van der Waals surface area contributed by atoms with E-state index in [1.54, 1.807) is 12.1 Å². The van der Waals surface area contributed by atoms with Gasteiger partial charge in [-0.3, -0.25) is 4.90 Å². The molecule has 0 radical (unpaired) electrons. The summed E-state index contributed by atoms with van der Waals surface area (Å²) >= 11 is 0. The van der Waals surface area contributed by atoms with Crippen molar-refractivity contribution in [2.24, 2.45) is 5.92 Å². The Bertz CT molecular complexity index is 440. The Balaban J connectivity index is 1.61. The number of aliphatic hydroxyl groups is 1. The molecule has 0 amide bonds. The number of benzene rings is 1. The number of anilines is 1. The predicted molar refractivity (Wildman–Crippen MR) is 73.8 cm³/mol. The van der Waals surface area contributed by atoms with E-state index in [0.29, 0.717) is 18.6 Å². The lowest BCUT2D eigenvalue weighted by Crippen LogP contribution is -2.36. The minimum atomic E-state index is -0.164. The second-order valence-electron chi connectivity index (χ2n) is 5.70. The molecule has 2 unspecified atom stereocenters. The van der Waals surface area contributed by atoms with Crippen LogP contribution in [-0.2, 0) is 0 Å². The van der Waals surface area contributed by atoms with Crippen molar-refractivity contribution < 1.29 is 9.50 Å². The molecule has 2 saturated heterocycles. The Morgan fingerprint density at radius 1 is 1.21 bits per heavy atom. The summed E-state index contributed by atoms with van der Waals surface area (Å²) in [6, 6.07) is 7.41. The van der Waals surface area contributed by atoms with Gasteiger partial charge in [-0.25, -0.2) is 4.39 Å². The summed E-state index contributed by atoms with van der Waals surface area (Å²) in [6.07, 6.45) is 2.24. The fraction of sp³-hybridized carbons (Fsp3) is 0.600. The molecule has 1 N–H and O–H groups in total. The van der Waals surface area contributed by atoms with Crippen LogP contribution in [0.4, 0.5) is 10.1 Å². The van der Waals surface area contributed by atoms with Crippen molar-refractivity contribution in [3.05, 3.63) is 30.1 Å². The number of hydrogen-bond acceptors (Lipinski definition) is 3. The Labute approximate surface area is 113 Å². The molecule has 2 aliphatic heterocycles. The zero-order chi connectivity index (χ0) is 13.2. The zero-order valence-electron chi connectivity index (χ0n) is 11.1. The molecule has 1 aromatic carbocycles. The third kappa shape index (κ3) is 2.74. The van der Waals surface area contributed by atoms with Crippen molar-refractivity contribution >= 4 is 5.69 Å². The molecule has 1 aromatic rings. The van der Waals surface area contributed by atoms with E-state index in [1.807, 2.05) is 6.07 Å². The van der Waals surface area contributed by atoms with E-state index in [1.165, 1.54) is 6.07 Å². The molecule has 2 aliphatic rings. The smallest absolute Gasteiger partial charge is 0.125 e. The van der Waals surface area contributed by atoms with Crippen molar-refractivity contribution in [1.29, 1.82) is 0 Å². The third-order valence-electron chi connectivity index (χ3n) is 4.43. The first-order valence-corrected chi connectivity index (χ1v) is 7.11. The van der Waals surface area contributed by atoms with E-state index >= 15 is 0 Å². The van der Waals surface area contributed by atoms with E-state index in [4.69, 9.17) is 0 Å². The lowest BCUT2D eigenvalue weighted by molar-refractivity contribution is 0.204. The highest BCUT2D eigenvalue weighted by Gasteiger charge is 2.32. The summed E-state index contributed by atoms with van der Waals surface area (Å²) in [5, 5.41) is 9.21. The highest BCUT2D eigenvalue weighted by Crippen LogP contribution is 2.27. The quantitative estimate of drug-likeness (QED) is 0.900. The summed E-state index contributed by atoms with van der Waals surface area (Å²) in [5.74, 6) is 0.283. The number of likely N-dealkylation sites (tertiary alicyclic amines) is 1. The third-order valence-corrected chi connectivity index (χ3v) is 4.43. The largest absolute Gasteiger partial charge is 0.396 e. The second kappa shape index (κ2) is 5.47. The Hall–Kier alpha value is -1.13. The van der Waals surface area contributed by atoms with Crippen molar-refractivity contribution in [2.45, 2.75) is 18.9 Å². The molecular formula is C15H21FN2O. The van der Waals surface area contributed by atoms with Crippen LogP contribution >= 0.6 is 0 Å². The van der Waals surface area contributed by atoms with Crippen LogP contribution in [0.15, 0.2) is 24.3 Å². The van der Waals surface area contributed by atoms with Gasteiger partial charge in [-0.15, -0.1) is 0 Å². The molecular weight excluding hydrogens is 243 g/mol. The Morgan fingerprint density at radius 3 is 2.84 bits per heavy atom. The summed E-state index contributed by atoms with van der Waals surface area (Å²) in [6.45, 7) is 4.37. The van der Waals surface area contributed by atoms with Gasteiger partial charge in [-0.2, -0.15) is 0 Å². The monoisotopic (exact) mass is 264 g/mol. The summed E-state index contributed by atoms with van der Waals surface area (Å²) in [7, 11) is 0. The fourth-order valence-electron chi connectivity index (χ4n) is 3.29. The van der Waals surface area contributed by atoms with Gasteiger partial charge in [0.05, 0.1) is 0 Å². The topological polar surface area (TPSA) is 26.7 Å². The second-order valence-corrected chi connectivity index (χ2v) is 5.70. The fourth-order valence-corrected chi connectivity index (χ4v) is 3.29. The highest BCUT2D eigenvalue weighted by molar-refractivity contribution is 5.47. The molecule has 4 heteroatoms. The maximum Gasteiger partial charge on any atom is 0.125 e. The van der Waals surface area contributed by atoms with E-state index in [9.17, 15) is 9.50 Å². The standard InChI is InChI=1S/C15H21FN2O/c16-13-2-1-3-14(8-13)18-7-5-15(10-18)17-6-4-12(9-17)11-19/h1-3,8,12,15,19H,4-7,9-11H2. The summed E-state index contributed by atoms with van der Waals surface area (Å²) in [5.41, 5.74) is 0.986. The SMILES string of the molecule is OCC1CCN(C2CCN(c3cccc(F)c3)C2)C1. The first kappa shape index (κ1) is 12.9. The molecule has 0 saturated carbocycles. The molecule has 2 heterocycles. The van der Waals surface area contributed by atoms with Crippen LogP contribution in [-0.4, -0.2) is 48.8 Å². The van der Waals surface area contributed by atoms with Crippen LogP contribution in [0.5, 0.6) is 0 Å². The van der Waals surface area contributed by atoms with Gasteiger partial charge in [-0.1, -0.05) is 6.07 Å². The molecule has 3 rings (SSSR count). The minimum Gasteiger partial charge on any atom is -0.396 e.